The molecule has 0 saturated heterocycles. The second kappa shape index (κ2) is 12.6. The van der Waals surface area contributed by atoms with Gasteiger partial charge >= 0.3 is 31.2 Å². The Morgan fingerprint density at radius 2 is 1.17 bits per heavy atom. The van der Waals surface area contributed by atoms with E-state index in [9.17, 15) is 31.1 Å². The summed E-state index contributed by atoms with van der Waals surface area (Å²) < 4.78 is 98.9. The first-order valence-electron chi connectivity index (χ1n) is 10.8. The van der Waals surface area contributed by atoms with Crippen LogP contribution in [-0.2, 0) is 12.4 Å². The van der Waals surface area contributed by atoms with Crippen molar-refractivity contribution in [3.05, 3.63) is 47.0 Å². The smallest absolute Gasteiger partial charge is 1.00 e. The third-order valence-corrected chi connectivity index (χ3v) is 5.50. The molecule has 2 aromatic carbocycles. The fraction of sp³-hybridized carbons (Fsp3) is 0.458. The molecule has 0 spiro atoms. The Morgan fingerprint density at radius 3 is 1.50 bits per heavy atom. The number of hydrogen-bond acceptors (Lipinski definition) is 4. The molecular weight excluding hydrogens is 504 g/mol. The molecule has 196 valence electrons. The molecule has 0 saturated carbocycles. The van der Waals surface area contributed by atoms with Crippen molar-refractivity contribution in [3.63, 3.8) is 0 Å². The molecule has 12 heteroatoms. The van der Waals surface area contributed by atoms with E-state index in [0.717, 1.165) is 0 Å². The molecule has 0 amide bonds. The topological polar surface area (TPSA) is 44.8 Å². The fourth-order valence-electron chi connectivity index (χ4n) is 3.17. The zero-order chi connectivity index (χ0) is 26.7. The van der Waals surface area contributed by atoms with E-state index in [1.165, 1.54) is 12.1 Å². The molecule has 0 fully saturated rings. The normalized spacial score (nSPS) is 12.4. The molecule has 0 aromatic heterocycles. The van der Waals surface area contributed by atoms with Gasteiger partial charge in [0.1, 0.15) is 17.2 Å². The predicted molar refractivity (Wildman–Crippen MR) is 124 cm³/mol. The summed E-state index contributed by atoms with van der Waals surface area (Å²) in [5, 5.41) is 0.0543. The average molecular weight is 532 g/mol. The molecule has 4 nitrogen and oxygen atoms in total. The molecule has 0 N–H and O–H groups in total. The van der Waals surface area contributed by atoms with E-state index in [4.69, 9.17) is 14.2 Å². The Bertz CT molecular complexity index is 995. The van der Waals surface area contributed by atoms with Gasteiger partial charge in [0.25, 0.3) is 0 Å². The molecule has 0 radical (unpaired) electrons. The van der Waals surface area contributed by atoms with Gasteiger partial charge in [-0.25, -0.2) is 0 Å². The van der Waals surface area contributed by atoms with E-state index in [0.29, 0.717) is 23.9 Å². The van der Waals surface area contributed by atoms with Gasteiger partial charge in [-0.2, -0.15) is 26.3 Å². The molecule has 0 aliphatic carbocycles. The summed E-state index contributed by atoms with van der Waals surface area (Å²) in [6.45, 7) is 10.3. The minimum atomic E-state index is -5.17. The van der Waals surface area contributed by atoms with Gasteiger partial charge in [-0.3, -0.25) is 4.79 Å². The van der Waals surface area contributed by atoms with Crippen LogP contribution in [0.5, 0.6) is 17.2 Å². The molecule has 0 aliphatic heterocycles. The van der Waals surface area contributed by atoms with Crippen molar-refractivity contribution in [1.82, 2.24) is 0 Å². The van der Waals surface area contributed by atoms with Crippen LogP contribution < -0.4 is 38.4 Å². The largest absolute Gasteiger partial charge is 1.00 e. The van der Waals surface area contributed by atoms with E-state index in [1.54, 1.807) is 41.5 Å². The summed E-state index contributed by atoms with van der Waals surface area (Å²) >= 11 is 0. The second-order valence-electron chi connectivity index (χ2n) is 8.47. The number of hydrogen-bond donors (Lipinski definition) is 0. The van der Waals surface area contributed by atoms with Crippen LogP contribution in [0.4, 0.5) is 26.3 Å². The van der Waals surface area contributed by atoms with Gasteiger partial charge in [-0.1, -0.05) is 6.07 Å². The fourth-order valence-corrected chi connectivity index (χ4v) is 4.30. The number of halogens is 6. The van der Waals surface area contributed by atoms with Gasteiger partial charge < -0.3 is 15.6 Å². The standard InChI is InChI=1S/C24H27F6O4P.Li.H/c1-12(2)32-15-10-18(33-13(3)4)21(19(11-15)34-14(5)6)35-22(31)20-16(23(25,26)27)8-7-9-17(20)24(28,29)30;;/h7-14,35H,1-6H3;;/q;+1;-1. The van der Waals surface area contributed by atoms with Crippen molar-refractivity contribution >= 4 is 19.4 Å². The third-order valence-electron chi connectivity index (χ3n) is 4.28. The zero-order valence-electron chi connectivity index (χ0n) is 22.0. The zero-order valence-corrected chi connectivity index (χ0v) is 22.0. The first-order valence-corrected chi connectivity index (χ1v) is 11.8. The number of carbonyl (C=O) groups excluding carboxylic acids is 1. The predicted octanol–water partition coefficient (Wildman–Crippen LogP) is 4.35. The Kier molecular flexibility index (Phi) is 11.2. The molecule has 0 bridgehead atoms. The van der Waals surface area contributed by atoms with Crippen molar-refractivity contribution in [1.29, 1.82) is 0 Å². The Hall–Kier alpha value is -1.88. The minimum Gasteiger partial charge on any atom is -1.00 e. The van der Waals surface area contributed by atoms with Crippen LogP contribution in [0.1, 0.15) is 64.5 Å². The van der Waals surface area contributed by atoms with Gasteiger partial charge in [0.05, 0.1) is 34.7 Å². The van der Waals surface area contributed by atoms with Crippen LogP contribution in [0, 0.1) is 0 Å². The molecule has 36 heavy (non-hydrogen) atoms. The number of benzene rings is 2. The van der Waals surface area contributed by atoms with Crippen molar-refractivity contribution in [2.45, 2.75) is 72.2 Å². The summed E-state index contributed by atoms with van der Waals surface area (Å²) in [7, 11) is -1.15. The van der Waals surface area contributed by atoms with Crippen LogP contribution in [0.25, 0.3) is 0 Å². The van der Waals surface area contributed by atoms with Gasteiger partial charge in [-0.05, 0) is 62.3 Å². The molecular formula is C24H28F6LiO4P. The van der Waals surface area contributed by atoms with Crippen molar-refractivity contribution in [2.75, 3.05) is 0 Å². The molecule has 0 heterocycles. The van der Waals surface area contributed by atoms with Gasteiger partial charge in [0.2, 0.25) is 0 Å². The summed E-state index contributed by atoms with van der Waals surface area (Å²) in [5.41, 5.74) is -6.08. The Labute approximate surface area is 221 Å². The molecule has 1 atom stereocenters. The van der Waals surface area contributed by atoms with Gasteiger partial charge in [0, 0.05) is 17.7 Å². The van der Waals surface area contributed by atoms with Crippen LogP contribution in [0.3, 0.4) is 0 Å². The average Bonchev–Trinajstić information content (AvgIpc) is 2.67. The maximum atomic E-state index is 13.6. The molecule has 1 unspecified atom stereocenters. The second-order valence-corrected chi connectivity index (χ2v) is 9.68. The number of carbonyl (C=O) groups is 1. The van der Waals surface area contributed by atoms with Crippen LogP contribution in [-0.4, -0.2) is 23.8 Å². The summed E-state index contributed by atoms with van der Waals surface area (Å²) in [5.74, 6) is 0.482. The van der Waals surface area contributed by atoms with Crippen molar-refractivity contribution < 1.29 is 65.6 Å². The van der Waals surface area contributed by atoms with Crippen LogP contribution in [0.15, 0.2) is 30.3 Å². The van der Waals surface area contributed by atoms with Crippen molar-refractivity contribution in [2.24, 2.45) is 0 Å². The first-order chi connectivity index (χ1) is 16.0. The van der Waals surface area contributed by atoms with Crippen molar-refractivity contribution in [3.8, 4) is 17.2 Å². The summed E-state index contributed by atoms with van der Waals surface area (Å²) in [6, 6.07) is 4.45. The first kappa shape index (κ1) is 32.1. The minimum absolute atomic E-state index is 0. The molecule has 2 aromatic rings. The van der Waals surface area contributed by atoms with Crippen LogP contribution >= 0.6 is 8.58 Å². The number of rotatable bonds is 9. The van der Waals surface area contributed by atoms with E-state index in [2.05, 4.69) is 0 Å². The summed E-state index contributed by atoms with van der Waals surface area (Å²) in [4.78, 5) is 13.2. The van der Waals surface area contributed by atoms with E-state index in [-0.39, 0.29) is 43.2 Å². The Morgan fingerprint density at radius 1 is 0.778 bits per heavy atom. The number of alkyl halides is 6. The Balaban J connectivity index is 0.00000648. The molecule has 0 aliphatic rings. The van der Waals surface area contributed by atoms with Crippen LogP contribution in [0.2, 0.25) is 0 Å². The SMILES string of the molecule is CC(C)Oc1cc(OC(C)C)c(PC(=O)c2c(C(F)(F)F)cccc2C(F)(F)F)c(OC(C)C)c1.[H-].[Li+]. The summed E-state index contributed by atoms with van der Waals surface area (Å²) in [6.07, 6.45) is -11.4. The maximum Gasteiger partial charge on any atom is 1.00 e. The third kappa shape index (κ3) is 8.60. The monoisotopic (exact) mass is 532 g/mol. The number of ether oxygens (including phenoxy) is 3. The van der Waals surface area contributed by atoms with E-state index < -0.39 is 55.4 Å². The van der Waals surface area contributed by atoms with E-state index in [1.807, 2.05) is 0 Å². The maximum absolute atomic E-state index is 13.6. The quantitative estimate of drug-likeness (QED) is 0.274. The van der Waals surface area contributed by atoms with E-state index >= 15 is 0 Å². The van der Waals surface area contributed by atoms with Gasteiger partial charge in [0.15, 0.2) is 5.52 Å². The van der Waals surface area contributed by atoms with Gasteiger partial charge in [-0.15, -0.1) is 0 Å². The molecule has 2 rings (SSSR count).